The lowest BCUT2D eigenvalue weighted by atomic mass is 10.2. The lowest BCUT2D eigenvalue weighted by molar-refractivity contribution is -0.116. The first-order valence-corrected chi connectivity index (χ1v) is 5.13. The maximum Gasteiger partial charge on any atom is 0.226 e. The smallest absolute Gasteiger partial charge is 0.226 e. The van der Waals surface area contributed by atoms with E-state index in [-0.39, 0.29) is 5.91 Å². The number of carbonyl (C=O) groups is 1. The van der Waals surface area contributed by atoms with E-state index in [1.807, 2.05) is 30.3 Å². The first kappa shape index (κ1) is 10.5. The molecule has 2 rings (SSSR count). The standard InChI is InChI=1S/C13H13NO2/c1-11(15)14(13-8-5-9-16-13)10-12-6-3-2-4-7-12/h2-9H,10H2,1H3. The maximum absolute atomic E-state index is 11.5. The van der Waals surface area contributed by atoms with Gasteiger partial charge in [0.25, 0.3) is 0 Å². The highest BCUT2D eigenvalue weighted by atomic mass is 16.3. The molecule has 0 aliphatic heterocycles. The van der Waals surface area contributed by atoms with Crippen LogP contribution in [0.4, 0.5) is 5.88 Å². The van der Waals surface area contributed by atoms with Crippen molar-refractivity contribution in [3.63, 3.8) is 0 Å². The first-order valence-electron chi connectivity index (χ1n) is 5.13. The van der Waals surface area contributed by atoms with E-state index in [0.29, 0.717) is 12.4 Å². The summed E-state index contributed by atoms with van der Waals surface area (Å²) in [5, 5.41) is 0. The van der Waals surface area contributed by atoms with Crippen molar-refractivity contribution in [1.82, 2.24) is 0 Å². The van der Waals surface area contributed by atoms with Crippen molar-refractivity contribution in [2.75, 3.05) is 4.90 Å². The van der Waals surface area contributed by atoms with Crippen LogP contribution >= 0.6 is 0 Å². The lowest BCUT2D eigenvalue weighted by Gasteiger charge is -2.17. The fourth-order valence-electron chi connectivity index (χ4n) is 1.53. The van der Waals surface area contributed by atoms with E-state index in [4.69, 9.17) is 4.42 Å². The molecule has 0 atom stereocenters. The molecule has 0 radical (unpaired) electrons. The minimum absolute atomic E-state index is 0.0289. The van der Waals surface area contributed by atoms with E-state index in [0.717, 1.165) is 5.56 Å². The van der Waals surface area contributed by atoms with Crippen LogP contribution in [0, 0.1) is 0 Å². The number of carbonyl (C=O) groups excluding carboxylic acids is 1. The summed E-state index contributed by atoms with van der Waals surface area (Å²) in [6, 6.07) is 13.4. The van der Waals surface area contributed by atoms with E-state index in [1.165, 1.54) is 6.92 Å². The summed E-state index contributed by atoms with van der Waals surface area (Å²) >= 11 is 0. The Morgan fingerprint density at radius 1 is 1.19 bits per heavy atom. The highest BCUT2D eigenvalue weighted by Crippen LogP contribution is 2.17. The van der Waals surface area contributed by atoms with Crippen molar-refractivity contribution < 1.29 is 9.21 Å². The van der Waals surface area contributed by atoms with Crippen molar-refractivity contribution in [3.8, 4) is 0 Å². The van der Waals surface area contributed by atoms with Crippen LogP contribution in [0.1, 0.15) is 12.5 Å². The second-order valence-corrected chi connectivity index (χ2v) is 3.54. The van der Waals surface area contributed by atoms with Crippen LogP contribution in [0.5, 0.6) is 0 Å². The van der Waals surface area contributed by atoms with E-state index < -0.39 is 0 Å². The lowest BCUT2D eigenvalue weighted by Crippen LogP contribution is -2.27. The van der Waals surface area contributed by atoms with Gasteiger partial charge in [-0.15, -0.1) is 0 Å². The Labute approximate surface area is 94.3 Å². The van der Waals surface area contributed by atoms with Gasteiger partial charge in [-0.05, 0) is 11.6 Å². The Bertz CT molecular complexity index is 448. The van der Waals surface area contributed by atoms with Gasteiger partial charge in [-0.25, -0.2) is 0 Å². The zero-order valence-electron chi connectivity index (χ0n) is 9.09. The Balaban J connectivity index is 2.19. The topological polar surface area (TPSA) is 33.5 Å². The summed E-state index contributed by atoms with van der Waals surface area (Å²) in [4.78, 5) is 13.1. The van der Waals surface area contributed by atoms with Gasteiger partial charge in [0.05, 0.1) is 12.8 Å². The second-order valence-electron chi connectivity index (χ2n) is 3.54. The minimum atomic E-state index is -0.0289. The van der Waals surface area contributed by atoms with Crippen molar-refractivity contribution >= 4 is 11.8 Å². The van der Waals surface area contributed by atoms with Gasteiger partial charge in [0.2, 0.25) is 11.8 Å². The molecule has 0 spiro atoms. The Morgan fingerprint density at radius 2 is 1.94 bits per heavy atom. The molecule has 0 N–H and O–H groups in total. The molecule has 1 aromatic heterocycles. The molecule has 16 heavy (non-hydrogen) atoms. The molecule has 0 saturated heterocycles. The van der Waals surface area contributed by atoms with E-state index in [1.54, 1.807) is 23.3 Å². The van der Waals surface area contributed by atoms with Crippen LogP contribution in [0.15, 0.2) is 53.1 Å². The summed E-state index contributed by atoms with van der Waals surface area (Å²) in [6.07, 6.45) is 1.57. The van der Waals surface area contributed by atoms with Gasteiger partial charge >= 0.3 is 0 Å². The molecule has 0 unspecified atom stereocenters. The number of furan rings is 1. The van der Waals surface area contributed by atoms with Crippen molar-refractivity contribution in [2.45, 2.75) is 13.5 Å². The van der Waals surface area contributed by atoms with Crippen LogP contribution in [-0.2, 0) is 11.3 Å². The molecule has 0 saturated carbocycles. The molecule has 1 heterocycles. The predicted molar refractivity (Wildman–Crippen MR) is 62.0 cm³/mol. The average molecular weight is 215 g/mol. The molecule has 3 nitrogen and oxygen atoms in total. The summed E-state index contributed by atoms with van der Waals surface area (Å²) < 4.78 is 5.23. The van der Waals surface area contributed by atoms with Gasteiger partial charge in [-0.3, -0.25) is 9.69 Å². The SMILES string of the molecule is CC(=O)N(Cc1ccccc1)c1ccco1. The van der Waals surface area contributed by atoms with Gasteiger partial charge in [0.15, 0.2) is 0 Å². The largest absolute Gasteiger partial charge is 0.448 e. The summed E-state index contributed by atoms with van der Waals surface area (Å²) in [5.74, 6) is 0.551. The van der Waals surface area contributed by atoms with Crippen molar-refractivity contribution in [2.24, 2.45) is 0 Å². The first-order chi connectivity index (χ1) is 7.77. The molecular formula is C13H13NO2. The third-order valence-electron chi connectivity index (χ3n) is 2.34. The fourth-order valence-corrected chi connectivity index (χ4v) is 1.53. The number of benzene rings is 1. The number of anilines is 1. The van der Waals surface area contributed by atoms with E-state index in [2.05, 4.69) is 0 Å². The summed E-state index contributed by atoms with van der Waals surface area (Å²) in [5.41, 5.74) is 1.08. The van der Waals surface area contributed by atoms with E-state index in [9.17, 15) is 4.79 Å². The zero-order valence-corrected chi connectivity index (χ0v) is 9.09. The Morgan fingerprint density at radius 3 is 2.50 bits per heavy atom. The van der Waals surface area contributed by atoms with E-state index >= 15 is 0 Å². The molecule has 2 aromatic rings. The molecule has 0 aliphatic rings. The Hall–Kier alpha value is -2.03. The number of nitrogens with zero attached hydrogens (tertiary/aromatic N) is 1. The molecule has 82 valence electrons. The zero-order chi connectivity index (χ0) is 11.4. The molecule has 1 aromatic carbocycles. The van der Waals surface area contributed by atoms with Crippen LogP contribution < -0.4 is 4.90 Å². The van der Waals surface area contributed by atoms with Gasteiger partial charge in [-0.1, -0.05) is 30.3 Å². The molecule has 0 bridgehead atoms. The van der Waals surface area contributed by atoms with Crippen molar-refractivity contribution in [1.29, 1.82) is 0 Å². The highest BCUT2D eigenvalue weighted by Gasteiger charge is 2.13. The van der Waals surface area contributed by atoms with Crippen LogP contribution in [-0.4, -0.2) is 5.91 Å². The van der Waals surface area contributed by atoms with Gasteiger partial charge < -0.3 is 4.42 Å². The molecule has 0 fully saturated rings. The predicted octanol–water partition coefficient (Wildman–Crippen LogP) is 2.83. The molecule has 1 amide bonds. The molecule has 0 aliphatic carbocycles. The summed E-state index contributed by atoms with van der Waals surface area (Å²) in [6.45, 7) is 2.06. The van der Waals surface area contributed by atoms with Gasteiger partial charge in [0.1, 0.15) is 0 Å². The number of rotatable bonds is 3. The number of hydrogen-bond acceptors (Lipinski definition) is 2. The second kappa shape index (κ2) is 4.66. The minimum Gasteiger partial charge on any atom is -0.448 e. The van der Waals surface area contributed by atoms with Crippen LogP contribution in [0.25, 0.3) is 0 Å². The third kappa shape index (κ3) is 2.31. The number of hydrogen-bond donors (Lipinski definition) is 0. The number of amides is 1. The third-order valence-corrected chi connectivity index (χ3v) is 2.34. The molecule has 3 heteroatoms. The van der Waals surface area contributed by atoms with Gasteiger partial charge in [0, 0.05) is 13.0 Å². The van der Waals surface area contributed by atoms with Gasteiger partial charge in [-0.2, -0.15) is 0 Å². The van der Waals surface area contributed by atoms with Crippen molar-refractivity contribution in [3.05, 3.63) is 54.3 Å². The van der Waals surface area contributed by atoms with Crippen LogP contribution in [0.2, 0.25) is 0 Å². The monoisotopic (exact) mass is 215 g/mol. The average Bonchev–Trinajstić information content (AvgIpc) is 2.80. The maximum atomic E-state index is 11.5. The quantitative estimate of drug-likeness (QED) is 0.788. The highest BCUT2D eigenvalue weighted by molar-refractivity contribution is 5.89. The Kier molecular flexibility index (Phi) is 3.05. The summed E-state index contributed by atoms with van der Waals surface area (Å²) in [7, 11) is 0. The fraction of sp³-hybridized carbons (Fsp3) is 0.154. The normalized spacial score (nSPS) is 10.1. The molecular weight excluding hydrogens is 202 g/mol. The van der Waals surface area contributed by atoms with Crippen LogP contribution in [0.3, 0.4) is 0 Å².